The lowest BCUT2D eigenvalue weighted by molar-refractivity contribution is 0.579. The van der Waals surface area contributed by atoms with Crippen LogP contribution in [-0.4, -0.2) is 22.2 Å². The fraction of sp³-hybridized carbons (Fsp3) is 0.233. The second kappa shape index (κ2) is 10.4. The molecule has 0 spiro atoms. The zero-order valence-electron chi connectivity index (χ0n) is 20.4. The number of rotatable bonds is 6. The van der Waals surface area contributed by atoms with Crippen molar-refractivity contribution in [1.82, 2.24) is 9.97 Å². The van der Waals surface area contributed by atoms with Crippen molar-refractivity contribution < 1.29 is 0 Å². The first kappa shape index (κ1) is 23.4. The summed E-state index contributed by atoms with van der Waals surface area (Å²) in [6.07, 6.45) is 15.6. The summed E-state index contributed by atoms with van der Waals surface area (Å²) in [5, 5.41) is 6.71. The van der Waals surface area contributed by atoms with Crippen molar-refractivity contribution in [3.05, 3.63) is 94.7 Å². The molecule has 0 saturated heterocycles. The van der Waals surface area contributed by atoms with Crippen LogP contribution in [0, 0.1) is 5.92 Å². The Morgan fingerprint density at radius 2 is 1.97 bits per heavy atom. The second-order valence-electron chi connectivity index (χ2n) is 8.71. The Morgan fingerprint density at radius 1 is 1.12 bits per heavy atom. The molecular weight excluding hydrogens is 416 g/mol. The molecule has 4 nitrogen and oxygen atoms in total. The number of dihydropyridines is 1. The summed E-state index contributed by atoms with van der Waals surface area (Å²) in [6, 6.07) is 12.6. The van der Waals surface area contributed by atoms with Gasteiger partial charge in [0, 0.05) is 29.7 Å². The van der Waals surface area contributed by atoms with E-state index in [1.807, 2.05) is 30.6 Å². The van der Waals surface area contributed by atoms with Crippen molar-refractivity contribution in [2.75, 3.05) is 5.32 Å². The number of aliphatic imine (C=N–C) groups is 1. The van der Waals surface area contributed by atoms with Crippen LogP contribution in [0.15, 0.2) is 83.7 Å². The van der Waals surface area contributed by atoms with E-state index in [0.29, 0.717) is 12.0 Å². The van der Waals surface area contributed by atoms with Gasteiger partial charge >= 0.3 is 0 Å². The molecule has 3 heterocycles. The minimum atomic E-state index is 0.319. The van der Waals surface area contributed by atoms with Gasteiger partial charge in [-0.3, -0.25) is 9.98 Å². The lowest BCUT2D eigenvalue weighted by Crippen LogP contribution is -2.26. The number of hydrogen-bond acceptors (Lipinski definition) is 4. The molecule has 0 fully saturated rings. The van der Waals surface area contributed by atoms with E-state index in [1.165, 1.54) is 0 Å². The average Bonchev–Trinajstić information content (AvgIpc) is 2.85. The zero-order chi connectivity index (χ0) is 24.1. The molecule has 1 N–H and O–H groups in total. The lowest BCUT2D eigenvalue weighted by atomic mass is 9.94. The van der Waals surface area contributed by atoms with Crippen molar-refractivity contribution in [3.8, 4) is 0 Å². The third kappa shape index (κ3) is 5.23. The van der Waals surface area contributed by atoms with Crippen LogP contribution in [0.1, 0.15) is 39.7 Å². The van der Waals surface area contributed by atoms with E-state index in [1.54, 1.807) is 6.20 Å². The summed E-state index contributed by atoms with van der Waals surface area (Å²) >= 11 is 0. The SMILES string of the molecule is C=C(Nc1cc(=C/C(=C\C)C2=CC(C)C(C)N=C2)/c(=C/CC)cn1)c1ccc2ncccc2c1. The molecule has 2 unspecified atom stereocenters. The summed E-state index contributed by atoms with van der Waals surface area (Å²) in [5.74, 6) is 1.18. The van der Waals surface area contributed by atoms with Crippen LogP contribution in [0.5, 0.6) is 0 Å². The number of fused-ring (bicyclic) bond motifs is 1. The number of pyridine rings is 2. The van der Waals surface area contributed by atoms with Gasteiger partial charge in [0.05, 0.1) is 11.6 Å². The molecule has 172 valence electrons. The van der Waals surface area contributed by atoms with Crippen LogP contribution < -0.4 is 15.8 Å². The second-order valence-corrected chi connectivity index (χ2v) is 8.71. The molecule has 0 bridgehead atoms. The Hall–Kier alpha value is -3.79. The van der Waals surface area contributed by atoms with Gasteiger partial charge in [-0.05, 0) is 83.7 Å². The van der Waals surface area contributed by atoms with Gasteiger partial charge < -0.3 is 5.32 Å². The van der Waals surface area contributed by atoms with Gasteiger partial charge in [0.15, 0.2) is 0 Å². The van der Waals surface area contributed by atoms with Crippen LogP contribution in [0.4, 0.5) is 5.82 Å². The van der Waals surface area contributed by atoms with Crippen molar-refractivity contribution in [3.63, 3.8) is 0 Å². The molecule has 3 aromatic rings. The van der Waals surface area contributed by atoms with E-state index in [2.05, 4.69) is 97.1 Å². The van der Waals surface area contributed by atoms with Crippen molar-refractivity contribution in [1.29, 1.82) is 0 Å². The van der Waals surface area contributed by atoms with Gasteiger partial charge in [-0.25, -0.2) is 4.98 Å². The molecule has 1 aromatic carbocycles. The Morgan fingerprint density at radius 3 is 2.74 bits per heavy atom. The number of nitrogens with zero attached hydrogens (tertiary/aromatic N) is 3. The molecule has 2 aromatic heterocycles. The van der Waals surface area contributed by atoms with Crippen LogP contribution in [0.25, 0.3) is 28.8 Å². The summed E-state index contributed by atoms with van der Waals surface area (Å²) in [5.41, 5.74) is 5.10. The van der Waals surface area contributed by atoms with Crippen molar-refractivity contribution in [2.45, 2.75) is 40.2 Å². The maximum atomic E-state index is 4.67. The fourth-order valence-corrected chi connectivity index (χ4v) is 4.03. The number of aromatic nitrogens is 2. The van der Waals surface area contributed by atoms with Crippen molar-refractivity contribution >= 4 is 40.8 Å². The number of nitrogens with one attached hydrogen (secondary N) is 1. The molecule has 0 radical (unpaired) electrons. The molecule has 0 aliphatic carbocycles. The van der Waals surface area contributed by atoms with Gasteiger partial charge in [0.25, 0.3) is 0 Å². The molecule has 2 atom stereocenters. The summed E-state index contributed by atoms with van der Waals surface area (Å²) in [4.78, 5) is 13.7. The van der Waals surface area contributed by atoms with Gasteiger partial charge in [-0.1, -0.05) is 50.8 Å². The monoisotopic (exact) mass is 448 g/mol. The number of hydrogen-bond donors (Lipinski definition) is 1. The number of benzene rings is 1. The third-order valence-corrected chi connectivity index (χ3v) is 6.23. The molecular formula is C30H32N4. The van der Waals surface area contributed by atoms with Gasteiger partial charge in [0.2, 0.25) is 0 Å². The zero-order valence-corrected chi connectivity index (χ0v) is 20.4. The topological polar surface area (TPSA) is 50.2 Å². The predicted octanol–water partition coefficient (Wildman–Crippen LogP) is 5.67. The molecule has 0 amide bonds. The van der Waals surface area contributed by atoms with Gasteiger partial charge in [0.1, 0.15) is 5.82 Å². The smallest absolute Gasteiger partial charge is 0.130 e. The standard InChI is InChI=1S/C30H32N4/c1-6-9-26-18-33-30(34-22(5)24-11-12-29-25(16-24)10-8-13-31-29)17-27(26)15-23(7-2)28-14-20(3)21(4)32-19-28/h7-21,34H,5-6H2,1-4H3/b23-7+,26-9+,27-15-. The van der Waals surface area contributed by atoms with E-state index in [0.717, 1.165) is 56.0 Å². The van der Waals surface area contributed by atoms with Crippen molar-refractivity contribution in [2.24, 2.45) is 10.9 Å². The van der Waals surface area contributed by atoms with E-state index in [9.17, 15) is 0 Å². The van der Waals surface area contributed by atoms with Crippen LogP contribution in [0.2, 0.25) is 0 Å². The average molecular weight is 449 g/mol. The lowest BCUT2D eigenvalue weighted by Gasteiger charge is -2.19. The Labute approximate surface area is 201 Å². The van der Waals surface area contributed by atoms with E-state index >= 15 is 0 Å². The highest BCUT2D eigenvalue weighted by Crippen LogP contribution is 2.22. The van der Waals surface area contributed by atoms with E-state index < -0.39 is 0 Å². The van der Waals surface area contributed by atoms with E-state index in [-0.39, 0.29) is 0 Å². The molecule has 4 rings (SSSR count). The highest BCUT2D eigenvalue weighted by molar-refractivity contribution is 5.90. The summed E-state index contributed by atoms with van der Waals surface area (Å²) < 4.78 is 0. The fourth-order valence-electron chi connectivity index (χ4n) is 4.03. The minimum absolute atomic E-state index is 0.319. The molecule has 1 aliphatic rings. The highest BCUT2D eigenvalue weighted by atomic mass is 15.0. The Kier molecular flexibility index (Phi) is 7.17. The van der Waals surface area contributed by atoms with E-state index in [4.69, 9.17) is 0 Å². The Bertz CT molecular complexity index is 1430. The van der Waals surface area contributed by atoms with Crippen LogP contribution in [-0.2, 0) is 0 Å². The molecule has 4 heteroatoms. The molecule has 0 saturated carbocycles. The number of anilines is 1. The molecule has 1 aliphatic heterocycles. The predicted molar refractivity (Wildman–Crippen MR) is 146 cm³/mol. The highest BCUT2D eigenvalue weighted by Gasteiger charge is 2.14. The third-order valence-electron chi connectivity index (χ3n) is 6.23. The summed E-state index contributed by atoms with van der Waals surface area (Å²) in [6.45, 7) is 12.8. The normalized spacial score (nSPS) is 19.4. The maximum absolute atomic E-state index is 4.67. The van der Waals surface area contributed by atoms with Crippen LogP contribution >= 0.6 is 0 Å². The van der Waals surface area contributed by atoms with Gasteiger partial charge in [-0.15, -0.1) is 0 Å². The maximum Gasteiger partial charge on any atom is 0.130 e. The number of allylic oxidation sites excluding steroid dienone is 3. The summed E-state index contributed by atoms with van der Waals surface area (Å²) in [7, 11) is 0. The first-order valence-corrected chi connectivity index (χ1v) is 11.9. The van der Waals surface area contributed by atoms with Crippen LogP contribution in [0.3, 0.4) is 0 Å². The minimum Gasteiger partial charge on any atom is -0.340 e. The Balaban J connectivity index is 1.68. The quantitative estimate of drug-likeness (QED) is 0.529. The first-order valence-electron chi connectivity index (χ1n) is 11.9. The largest absolute Gasteiger partial charge is 0.340 e. The molecule has 34 heavy (non-hydrogen) atoms. The van der Waals surface area contributed by atoms with Gasteiger partial charge in [-0.2, -0.15) is 0 Å². The first-order chi connectivity index (χ1) is 16.5.